The molecule has 6 nitrogen and oxygen atoms in total. The quantitative estimate of drug-likeness (QED) is 0.828. The number of rotatable bonds is 5. The molecule has 0 spiro atoms. The third kappa shape index (κ3) is 4.76. The van der Waals surface area contributed by atoms with Crippen LogP contribution in [0, 0.1) is 5.82 Å². The normalized spacial score (nSPS) is 20.7. The van der Waals surface area contributed by atoms with Crippen molar-refractivity contribution in [3.8, 4) is 0 Å². The van der Waals surface area contributed by atoms with E-state index in [9.17, 15) is 17.6 Å². The van der Waals surface area contributed by atoms with Crippen LogP contribution in [0.25, 0.3) is 0 Å². The minimum atomic E-state index is -3.72. The van der Waals surface area contributed by atoms with Gasteiger partial charge in [0.1, 0.15) is 5.82 Å². The Balaban J connectivity index is 1.73. The summed E-state index contributed by atoms with van der Waals surface area (Å²) in [5.74, 6) is -0.746. The Hall–Kier alpha value is -2.29. The molecule has 1 heterocycles. The first-order valence-corrected chi connectivity index (χ1v) is 10.5. The Kier molecular flexibility index (Phi) is 6.12. The monoisotopic (exact) mass is 406 g/mol. The maximum Gasteiger partial charge on any atom is 0.251 e. The lowest BCUT2D eigenvalue weighted by Crippen LogP contribution is -2.48. The minimum absolute atomic E-state index is 0.0724. The first kappa shape index (κ1) is 20.4. The Labute approximate surface area is 164 Å². The third-order valence-electron chi connectivity index (χ3n) is 4.49. The highest BCUT2D eigenvalue weighted by molar-refractivity contribution is 7.89. The summed E-state index contributed by atoms with van der Waals surface area (Å²) in [6.45, 7) is 4.42. The van der Waals surface area contributed by atoms with E-state index in [1.807, 2.05) is 13.8 Å². The minimum Gasteiger partial charge on any atom is -0.373 e. The lowest BCUT2D eigenvalue weighted by Gasteiger charge is -2.34. The van der Waals surface area contributed by atoms with Crippen molar-refractivity contribution in [3.63, 3.8) is 0 Å². The van der Waals surface area contributed by atoms with Gasteiger partial charge >= 0.3 is 0 Å². The van der Waals surface area contributed by atoms with Crippen molar-refractivity contribution >= 4 is 15.9 Å². The fourth-order valence-electron chi connectivity index (χ4n) is 3.16. The van der Waals surface area contributed by atoms with Gasteiger partial charge in [-0.15, -0.1) is 0 Å². The molecule has 0 aromatic heterocycles. The number of nitrogens with one attached hydrogen (secondary N) is 1. The highest BCUT2D eigenvalue weighted by Gasteiger charge is 2.32. The van der Waals surface area contributed by atoms with Crippen molar-refractivity contribution in [2.24, 2.45) is 0 Å². The topological polar surface area (TPSA) is 75.7 Å². The average molecular weight is 406 g/mol. The second kappa shape index (κ2) is 8.38. The van der Waals surface area contributed by atoms with Gasteiger partial charge in [0.2, 0.25) is 10.0 Å². The lowest BCUT2D eigenvalue weighted by atomic mass is 10.2. The van der Waals surface area contributed by atoms with E-state index in [2.05, 4.69) is 5.32 Å². The SMILES string of the molecule is C[C@H]1CN(S(=O)(=O)c2cccc(C(=O)NCc3ccc(F)cc3)c2)C[C@H](C)O1. The fourth-order valence-corrected chi connectivity index (χ4v) is 4.80. The zero-order valence-electron chi connectivity index (χ0n) is 15.8. The number of hydrogen-bond donors (Lipinski definition) is 1. The van der Waals surface area contributed by atoms with E-state index >= 15 is 0 Å². The number of carbonyl (C=O) groups is 1. The molecule has 1 amide bonds. The second-order valence-corrected chi connectivity index (χ2v) is 8.85. The smallest absolute Gasteiger partial charge is 0.251 e. The molecular weight excluding hydrogens is 383 g/mol. The van der Waals surface area contributed by atoms with Crippen LogP contribution in [0.2, 0.25) is 0 Å². The first-order valence-electron chi connectivity index (χ1n) is 9.04. The fraction of sp³-hybridized carbons (Fsp3) is 0.350. The molecule has 1 fully saturated rings. The Morgan fingerprint density at radius 1 is 1.14 bits per heavy atom. The second-order valence-electron chi connectivity index (χ2n) is 6.92. The number of benzene rings is 2. The van der Waals surface area contributed by atoms with Crippen LogP contribution in [0.15, 0.2) is 53.4 Å². The van der Waals surface area contributed by atoms with Gasteiger partial charge in [0.15, 0.2) is 0 Å². The van der Waals surface area contributed by atoms with Gasteiger partial charge in [0.05, 0.1) is 17.1 Å². The van der Waals surface area contributed by atoms with Crippen molar-refractivity contribution in [2.75, 3.05) is 13.1 Å². The number of ether oxygens (including phenoxy) is 1. The standard InChI is InChI=1S/C20H23FN2O4S/c1-14-12-23(13-15(2)27-14)28(25,26)19-5-3-4-17(10-19)20(24)22-11-16-6-8-18(21)9-7-16/h3-10,14-15H,11-13H2,1-2H3,(H,22,24)/t14-,15-/m0/s1. The summed E-state index contributed by atoms with van der Waals surface area (Å²) in [6, 6.07) is 11.8. The molecule has 0 unspecified atom stereocenters. The summed E-state index contributed by atoms with van der Waals surface area (Å²) in [5, 5.41) is 2.72. The van der Waals surface area contributed by atoms with Crippen LogP contribution in [0.4, 0.5) is 4.39 Å². The van der Waals surface area contributed by atoms with Gasteiger partial charge in [-0.05, 0) is 49.7 Å². The van der Waals surface area contributed by atoms with Gasteiger partial charge in [-0.2, -0.15) is 4.31 Å². The van der Waals surface area contributed by atoms with Crippen molar-refractivity contribution in [2.45, 2.75) is 37.5 Å². The number of nitrogens with zero attached hydrogens (tertiary/aromatic N) is 1. The molecule has 1 saturated heterocycles. The van der Waals surface area contributed by atoms with Crippen LogP contribution in [-0.2, 0) is 21.3 Å². The predicted octanol–water partition coefficient (Wildman–Crippen LogP) is 2.55. The zero-order valence-corrected chi connectivity index (χ0v) is 16.6. The molecule has 28 heavy (non-hydrogen) atoms. The first-order chi connectivity index (χ1) is 13.3. The number of sulfonamides is 1. The van der Waals surface area contributed by atoms with Crippen molar-refractivity contribution in [3.05, 3.63) is 65.5 Å². The van der Waals surface area contributed by atoms with E-state index in [4.69, 9.17) is 4.74 Å². The molecule has 8 heteroatoms. The van der Waals surface area contributed by atoms with Crippen LogP contribution >= 0.6 is 0 Å². The van der Waals surface area contributed by atoms with Gasteiger partial charge in [0.25, 0.3) is 5.91 Å². The zero-order chi connectivity index (χ0) is 20.3. The molecule has 0 saturated carbocycles. The summed E-state index contributed by atoms with van der Waals surface area (Å²) in [5.41, 5.74) is 0.993. The highest BCUT2D eigenvalue weighted by Crippen LogP contribution is 2.22. The van der Waals surface area contributed by atoms with E-state index in [-0.39, 0.29) is 48.1 Å². The molecule has 1 aliphatic heterocycles. The average Bonchev–Trinajstić information content (AvgIpc) is 2.66. The summed E-state index contributed by atoms with van der Waals surface area (Å²) in [7, 11) is -3.72. The van der Waals surface area contributed by atoms with E-state index < -0.39 is 15.9 Å². The molecule has 0 radical (unpaired) electrons. The molecule has 2 aromatic rings. The number of carbonyl (C=O) groups excluding carboxylic acids is 1. The van der Waals surface area contributed by atoms with E-state index in [1.54, 1.807) is 24.3 Å². The molecular formula is C20H23FN2O4S. The number of amides is 1. The van der Waals surface area contributed by atoms with Crippen LogP contribution in [0.5, 0.6) is 0 Å². The number of morpholine rings is 1. The van der Waals surface area contributed by atoms with E-state index in [0.29, 0.717) is 0 Å². The van der Waals surface area contributed by atoms with Crippen molar-refractivity contribution in [1.82, 2.24) is 9.62 Å². The van der Waals surface area contributed by atoms with Gasteiger partial charge in [-0.3, -0.25) is 4.79 Å². The van der Waals surface area contributed by atoms with E-state index in [0.717, 1.165) is 5.56 Å². The summed E-state index contributed by atoms with van der Waals surface area (Å²) in [6.07, 6.45) is -0.388. The molecule has 2 atom stereocenters. The van der Waals surface area contributed by atoms with Crippen molar-refractivity contribution < 1.29 is 22.3 Å². The maximum atomic E-state index is 13.0. The molecule has 150 valence electrons. The van der Waals surface area contributed by atoms with Crippen LogP contribution in [0.1, 0.15) is 29.8 Å². The lowest BCUT2D eigenvalue weighted by molar-refractivity contribution is -0.0440. The highest BCUT2D eigenvalue weighted by atomic mass is 32.2. The van der Waals surface area contributed by atoms with Gasteiger partial charge in [-0.25, -0.2) is 12.8 Å². The molecule has 3 rings (SSSR count). The van der Waals surface area contributed by atoms with Crippen molar-refractivity contribution in [1.29, 1.82) is 0 Å². The summed E-state index contributed by atoms with van der Waals surface area (Å²) < 4.78 is 45.9. The molecule has 1 aliphatic rings. The Morgan fingerprint density at radius 2 is 1.79 bits per heavy atom. The van der Waals surface area contributed by atoms with E-state index in [1.165, 1.54) is 28.6 Å². The predicted molar refractivity (Wildman–Crippen MR) is 103 cm³/mol. The Bertz CT molecular complexity index is 937. The van der Waals surface area contributed by atoms with Gasteiger partial charge in [-0.1, -0.05) is 18.2 Å². The van der Waals surface area contributed by atoms with Gasteiger partial charge in [0, 0.05) is 25.2 Å². The molecule has 2 aromatic carbocycles. The number of hydrogen-bond acceptors (Lipinski definition) is 4. The Morgan fingerprint density at radius 3 is 2.43 bits per heavy atom. The number of halogens is 1. The largest absolute Gasteiger partial charge is 0.373 e. The molecule has 0 aliphatic carbocycles. The van der Waals surface area contributed by atoms with Gasteiger partial charge < -0.3 is 10.1 Å². The molecule has 1 N–H and O–H groups in total. The third-order valence-corrected chi connectivity index (χ3v) is 6.31. The molecule has 0 bridgehead atoms. The summed E-state index contributed by atoms with van der Waals surface area (Å²) in [4.78, 5) is 12.5. The van der Waals surface area contributed by atoms with Crippen LogP contribution < -0.4 is 5.32 Å². The van der Waals surface area contributed by atoms with Crippen LogP contribution in [0.3, 0.4) is 0 Å². The summed E-state index contributed by atoms with van der Waals surface area (Å²) >= 11 is 0. The maximum absolute atomic E-state index is 13.0. The van der Waals surface area contributed by atoms with Crippen LogP contribution in [-0.4, -0.2) is 43.9 Å².